The third kappa shape index (κ3) is 7.98. The van der Waals surface area contributed by atoms with Gasteiger partial charge in [0.2, 0.25) is 23.1 Å². The molecular weight excluding hydrogens is 650 g/mol. The minimum absolute atomic E-state index is 0. The molecule has 0 radical (unpaired) electrons. The average Bonchev–Trinajstić information content (AvgIpc) is 1.62. The number of carbonyl (C=O) groups excluding carboxylic acids is 1. The second kappa shape index (κ2) is 14.8. The lowest BCUT2D eigenvalue weighted by Crippen LogP contribution is -2.41. The molecule has 356 valence electrons. The second-order valence-electron chi connectivity index (χ2n) is 13.2. The summed E-state index contributed by atoms with van der Waals surface area (Å²) in [5.41, 5.74) is 2.65. The summed E-state index contributed by atoms with van der Waals surface area (Å²) in [7, 11) is 5.78. The number of hydrogen-bond donors (Lipinski definition) is 1. The molecule has 4 aromatic rings. The number of benzene rings is 2. The number of hydrogen-bond acceptors (Lipinski definition) is 11. The maximum absolute atomic E-state index is 11.7. The topological polar surface area (TPSA) is 124 Å². The van der Waals surface area contributed by atoms with Gasteiger partial charge in [-0.15, -0.1) is 0 Å². The Hall–Kier alpha value is -5.44. The third-order valence-electron chi connectivity index (χ3n) is 8.66. The van der Waals surface area contributed by atoms with E-state index in [-0.39, 0.29) is 1.43 Å². The van der Waals surface area contributed by atoms with Crippen molar-refractivity contribution in [3.05, 3.63) is 94.6 Å². The quantitative estimate of drug-likeness (QED) is 0.103. The number of carbonyl (C=O) groups is 1. The fourth-order valence-electron chi connectivity index (χ4n) is 5.21. The number of pyridine rings is 2. The van der Waals surface area contributed by atoms with E-state index < -0.39 is 25.4 Å². The first kappa shape index (κ1) is 9.70. The number of anilines is 2. The standard InChI is InChI=1S/C21H24BN3O4.C15H14BN3O3.48H2/c1-20(2)21(3,4)29-22(28-20)16-9-8-15(12-14(16)13-26)27-18-11-10-17(23-5)19(24-18)25(6)7;1-17-13-6-7-14(18-15(13)19(2)3)22-11-4-5-12-10(8-11)9-21-16(12)20;;;;;;;;;;;;;;;;;;;;;;;;;;;;;;;;;;;;;;;;;;;;;;;;/h8-13H,1-4,6-7H3;4-8,20H,9H2,2-3H3;48*1H/i;;47*1+1D;1+1. The van der Waals surface area contributed by atoms with Crippen molar-refractivity contribution < 1.29 is 174 Å². The van der Waals surface area contributed by atoms with E-state index in [0.29, 0.717) is 63.9 Å². The molecule has 4 heterocycles. The van der Waals surface area contributed by atoms with Crippen LogP contribution >= 0.6 is 0 Å². The number of rotatable bonds is 8. The Balaban J connectivity index is -0.0000000191. The molecule has 0 amide bonds. The molecule has 2 aliphatic heterocycles. The Labute approximate surface area is 445 Å². The molecule has 51 heavy (non-hydrogen) atoms. The molecule has 0 bridgehead atoms. The van der Waals surface area contributed by atoms with Crippen LogP contribution in [0, 0.1) is 13.1 Å². The Kier molecular flexibility index (Phi) is 2.82. The van der Waals surface area contributed by atoms with Crippen LogP contribution in [0.1, 0.15) is 185 Å². The van der Waals surface area contributed by atoms with Crippen LogP contribution in [0.15, 0.2) is 60.7 Å². The minimum Gasteiger partial charge on any atom is -0.439 e. The van der Waals surface area contributed by atoms with Crippen LogP contribution in [0.3, 0.4) is 0 Å². The predicted octanol–water partition coefficient (Wildman–Crippen LogP) is 17.1. The zero-order valence-corrected chi connectivity index (χ0v) is 29.8. The summed E-state index contributed by atoms with van der Waals surface area (Å²) in [5, 5.41) is 9.61. The predicted molar refractivity (Wildman–Crippen MR) is 298 cm³/mol. The van der Waals surface area contributed by atoms with E-state index in [1.807, 2.05) is 62.0 Å². The Morgan fingerprint density at radius 1 is 0.824 bits per heavy atom. The molecule has 0 atom stereocenters. The van der Waals surface area contributed by atoms with Crippen LogP contribution in [0.25, 0.3) is 9.69 Å². The summed E-state index contributed by atoms with van der Waals surface area (Å²) in [5.74, 6) is 2.90. The van der Waals surface area contributed by atoms with Gasteiger partial charge in [0, 0.05) is 175 Å². The Bertz CT molecular complexity index is 2150. The van der Waals surface area contributed by atoms with E-state index in [4.69, 9.17) is 176 Å². The van der Waals surface area contributed by atoms with Crippen molar-refractivity contribution in [2.75, 3.05) is 38.0 Å². The van der Waals surface area contributed by atoms with Gasteiger partial charge in [0.1, 0.15) is 29.4 Å². The highest BCUT2D eigenvalue weighted by molar-refractivity contribution is 6.63. The van der Waals surface area contributed by atoms with Gasteiger partial charge in [-0.1, -0.05) is 12.1 Å². The molecule has 2 aromatic heterocycles. The number of aldehydes is 1. The Morgan fingerprint density at radius 3 is 1.78 bits per heavy atom. The van der Waals surface area contributed by atoms with E-state index in [9.17, 15) is 9.82 Å². The zero-order chi connectivity index (χ0) is 131. The second-order valence-corrected chi connectivity index (χ2v) is 13.2. The molecule has 2 aromatic carbocycles. The molecule has 15 heteroatoms. The maximum Gasteiger partial charge on any atom is 0.495 e. The van der Waals surface area contributed by atoms with Crippen LogP contribution < -0.4 is 30.2 Å². The van der Waals surface area contributed by atoms with Crippen LogP contribution in [0.4, 0.5) is 23.0 Å². The van der Waals surface area contributed by atoms with Gasteiger partial charge in [-0.25, -0.2) is 19.7 Å². The van der Waals surface area contributed by atoms with E-state index in [0.717, 1.165) is 17.3 Å². The zero-order valence-electron chi connectivity index (χ0n) is 124. The van der Waals surface area contributed by atoms with Crippen molar-refractivity contribution in [2.24, 2.45) is 0 Å². The molecule has 13 nitrogen and oxygen atoms in total. The van der Waals surface area contributed by atoms with Gasteiger partial charge in [-0.2, -0.15) is 0 Å². The molecule has 2 aliphatic rings. The van der Waals surface area contributed by atoms with E-state index in [1.54, 1.807) is 64.4 Å². The van der Waals surface area contributed by atoms with Crippen molar-refractivity contribution in [2.45, 2.75) is 45.5 Å². The van der Waals surface area contributed by atoms with Gasteiger partial charge in [-0.3, -0.25) is 4.79 Å². The molecule has 1 fully saturated rings. The first-order chi connectivity index (χ1) is 71.2. The molecule has 1 N–H and O–H groups in total. The van der Waals surface area contributed by atoms with Gasteiger partial charge in [0.05, 0.1) is 31.0 Å². The summed E-state index contributed by atoms with van der Waals surface area (Å²) >= 11 is 0. The van der Waals surface area contributed by atoms with E-state index in [2.05, 4.69) is 19.7 Å². The number of fused-ring (bicyclic) bond motifs is 1. The van der Waals surface area contributed by atoms with Gasteiger partial charge < -0.3 is 38.3 Å². The van der Waals surface area contributed by atoms with Crippen LogP contribution in [-0.2, 0) is 20.6 Å². The lowest BCUT2D eigenvalue weighted by Gasteiger charge is -2.32. The van der Waals surface area contributed by atoms with Crippen LogP contribution in [0.5, 0.6) is 23.3 Å². The van der Waals surface area contributed by atoms with E-state index >= 15 is 0 Å². The highest BCUT2D eigenvalue weighted by Gasteiger charge is 2.52. The summed E-state index contributed by atoms with van der Waals surface area (Å²) in [6.07, 6.45) is 0.758. The first-order valence-electron chi connectivity index (χ1n) is 63.0. The third-order valence-corrected chi connectivity index (χ3v) is 8.66. The molecule has 1 saturated heterocycles. The number of aromatic nitrogens is 2. The summed E-state index contributed by atoms with van der Waals surface area (Å²) in [6.45, 7) is 22.6. The summed E-state index contributed by atoms with van der Waals surface area (Å²) in [4.78, 5) is 30.9. The van der Waals surface area contributed by atoms with Crippen molar-refractivity contribution in [3.8, 4) is 23.3 Å². The fourth-order valence-corrected chi connectivity index (χ4v) is 5.21. The van der Waals surface area contributed by atoms with Crippen molar-refractivity contribution >= 4 is 54.5 Å². The number of nitrogens with zero attached hydrogens (tertiary/aromatic N) is 6. The van der Waals surface area contributed by atoms with Crippen molar-refractivity contribution in [3.63, 3.8) is 0 Å². The normalized spacial score (nSPS) is 22.5. The van der Waals surface area contributed by atoms with Crippen molar-refractivity contribution in [1.29, 1.82) is 0 Å². The fraction of sp³-hybridized carbons (Fsp3) is 0.306. The molecule has 0 spiro atoms. The maximum atomic E-state index is 11.7. The monoisotopic (exact) mass is 881 g/mol. The lowest BCUT2D eigenvalue weighted by atomic mass is 9.76. The van der Waals surface area contributed by atoms with Crippen LogP contribution in [0.2, 0.25) is 0 Å². The average molecular weight is 881 g/mol. The molecular formula is C36H134B2N6O7. The number of ether oxygens (including phenoxy) is 2. The van der Waals surface area contributed by atoms with Crippen molar-refractivity contribution in [1.82, 2.24) is 9.97 Å². The van der Waals surface area contributed by atoms with Gasteiger partial charge in [-0.05, 0) is 92.7 Å². The molecule has 0 saturated carbocycles. The highest BCUT2D eigenvalue weighted by Crippen LogP contribution is 2.37. The summed E-state index contributed by atoms with van der Waals surface area (Å²) in [6, 6.07) is 17.1. The first-order valence-corrected chi connectivity index (χ1v) is 16.0. The molecule has 0 aliphatic carbocycles. The lowest BCUT2D eigenvalue weighted by molar-refractivity contribution is 0.00578. The van der Waals surface area contributed by atoms with Gasteiger partial charge in [0.25, 0.3) is 0 Å². The van der Waals surface area contributed by atoms with E-state index in [1.165, 1.54) is 0 Å². The SMILES string of the molecule is [2HH].[2H][2H].[2H][2H].[2H][2H].[2H][2H].[2H][2H].[2H][2H].[2H][2H].[2H][2H].[2H][2H].[2H][2H].[2H][2H].[2H][2H].[2H][2H].[2H][2H].[2H][2H].[2H][2H].[2H][2H].[2H][2H].[2H][2H].[2H][2H].[2H][2H].[2H][2H].[2H][2H].[2H][2H].[2H][2H].[2H][2H].[2H][2H].[2H][2H].[2H][2H].[2H][2H].[2H][2H].[2H][2H].[2H][2H].[2H][2H].[2H][2H].[2H][2H].[2H][2H].[2H][2H].[2H][2H].[2H][2H].[2H][2H].[2H][2H].[2H][2H].[2H][2H].[2H][2H].[2H][2H].[2H][2H].[C-]#[N+]c1ccc(Oc2ccc(B3OC(C)(C)C(C)(C)O3)c(C=O)c2)nc1N(C)C.[C-]#[N+]c1ccc(Oc2ccc3c(c2)COB3O)nc1N(C)C. The van der Waals surface area contributed by atoms with Gasteiger partial charge >= 0.3 is 14.2 Å². The van der Waals surface area contributed by atoms with Gasteiger partial charge in [0.15, 0.2) is 0 Å². The summed E-state index contributed by atoms with van der Waals surface area (Å²) < 4.78 is 499. The Morgan fingerprint density at radius 2 is 1.31 bits per heavy atom. The highest BCUT2D eigenvalue weighted by atomic mass is 16.7. The smallest absolute Gasteiger partial charge is 0.439 e. The van der Waals surface area contributed by atoms with Crippen LogP contribution in [-0.4, -0.2) is 74.9 Å². The minimum atomic E-state index is -0.861. The largest absolute Gasteiger partial charge is 0.495 e. The molecule has 0 unspecified atom stereocenters. The molecule has 6 rings (SSSR count).